The molecule has 0 fully saturated rings. The Balaban J connectivity index is 3.18. The molecule has 0 aliphatic rings. The molecule has 0 spiro atoms. The monoisotopic (exact) mass is 272 g/mol. The smallest absolute Gasteiger partial charge is 0.174 e. The average molecular weight is 273 g/mol. The number of halogens is 1. The highest BCUT2D eigenvalue weighted by atomic mass is 79.9. The van der Waals surface area contributed by atoms with Gasteiger partial charge in [0.05, 0.1) is 24.4 Å². The van der Waals surface area contributed by atoms with Crippen molar-refractivity contribution in [3.63, 3.8) is 0 Å². The first-order valence-corrected chi connectivity index (χ1v) is 5.25. The fourth-order valence-electron chi connectivity index (χ4n) is 1.21. The van der Waals surface area contributed by atoms with Crippen LogP contribution in [0.4, 0.5) is 0 Å². The number of hydrogen-bond acceptors (Lipinski definition) is 4. The van der Waals surface area contributed by atoms with Crippen LogP contribution in [-0.2, 0) is 0 Å². The Morgan fingerprint density at radius 3 is 2.80 bits per heavy atom. The van der Waals surface area contributed by atoms with Crippen molar-refractivity contribution in [1.29, 1.82) is 0 Å². The van der Waals surface area contributed by atoms with Crippen LogP contribution in [0.25, 0.3) is 0 Å². The van der Waals surface area contributed by atoms with E-state index in [2.05, 4.69) is 21.0 Å². The highest BCUT2D eigenvalue weighted by Gasteiger charge is 2.09. The summed E-state index contributed by atoms with van der Waals surface area (Å²) in [6, 6.07) is 3.68. The van der Waals surface area contributed by atoms with Crippen molar-refractivity contribution in [3.8, 4) is 11.5 Å². The number of rotatable bonds is 4. The molecule has 0 bridgehead atoms. The summed E-state index contributed by atoms with van der Waals surface area (Å²) in [6.07, 6.45) is 1.55. The van der Waals surface area contributed by atoms with Gasteiger partial charge in [0.2, 0.25) is 0 Å². The molecule has 0 saturated carbocycles. The van der Waals surface area contributed by atoms with Crippen molar-refractivity contribution in [2.75, 3.05) is 13.7 Å². The molecule has 0 amide bonds. The van der Waals surface area contributed by atoms with E-state index in [0.29, 0.717) is 18.1 Å². The van der Waals surface area contributed by atoms with Crippen molar-refractivity contribution in [1.82, 2.24) is 0 Å². The van der Waals surface area contributed by atoms with Gasteiger partial charge in [0.1, 0.15) is 0 Å². The molecular weight excluding hydrogens is 260 g/mol. The number of methoxy groups -OCH3 is 1. The predicted octanol–water partition coefficient (Wildman–Crippen LogP) is 2.15. The maximum absolute atomic E-state index is 5.44. The highest BCUT2D eigenvalue weighted by molar-refractivity contribution is 9.10. The second-order valence-corrected chi connectivity index (χ2v) is 3.60. The quantitative estimate of drug-likeness (QED) is 0.519. The molecule has 15 heavy (non-hydrogen) atoms. The number of benzene rings is 1. The van der Waals surface area contributed by atoms with E-state index in [-0.39, 0.29) is 0 Å². The molecular formula is C10H13BrN2O2. The zero-order valence-electron chi connectivity index (χ0n) is 8.66. The molecule has 1 aromatic carbocycles. The number of ether oxygens (including phenoxy) is 2. The van der Waals surface area contributed by atoms with Gasteiger partial charge < -0.3 is 15.3 Å². The molecule has 0 radical (unpaired) electrons. The van der Waals surface area contributed by atoms with Crippen LogP contribution in [0.15, 0.2) is 21.7 Å². The summed E-state index contributed by atoms with van der Waals surface area (Å²) >= 11 is 3.39. The van der Waals surface area contributed by atoms with E-state index >= 15 is 0 Å². The van der Waals surface area contributed by atoms with Crippen molar-refractivity contribution < 1.29 is 9.47 Å². The summed E-state index contributed by atoms with van der Waals surface area (Å²) in [5.74, 6) is 6.43. The minimum absolute atomic E-state index is 0.575. The van der Waals surface area contributed by atoms with Crippen molar-refractivity contribution in [2.45, 2.75) is 6.92 Å². The van der Waals surface area contributed by atoms with Gasteiger partial charge in [-0.25, -0.2) is 0 Å². The lowest BCUT2D eigenvalue weighted by Gasteiger charge is -2.11. The van der Waals surface area contributed by atoms with Crippen LogP contribution < -0.4 is 15.3 Å². The van der Waals surface area contributed by atoms with Crippen molar-refractivity contribution in [2.24, 2.45) is 10.9 Å². The lowest BCUT2D eigenvalue weighted by atomic mass is 10.2. The Bertz CT molecular complexity index is 367. The summed E-state index contributed by atoms with van der Waals surface area (Å²) < 4.78 is 11.5. The van der Waals surface area contributed by atoms with Crippen molar-refractivity contribution >= 4 is 22.1 Å². The Labute approximate surface area is 97.2 Å². The second-order valence-electron chi connectivity index (χ2n) is 2.75. The second kappa shape index (κ2) is 5.60. The predicted molar refractivity (Wildman–Crippen MR) is 63.6 cm³/mol. The first kappa shape index (κ1) is 11.8. The Morgan fingerprint density at radius 1 is 1.53 bits per heavy atom. The molecule has 82 valence electrons. The fraction of sp³-hybridized carbons (Fsp3) is 0.300. The van der Waals surface area contributed by atoms with Crippen molar-refractivity contribution in [3.05, 3.63) is 22.2 Å². The summed E-state index contributed by atoms with van der Waals surface area (Å²) in [5, 5.41) is 3.46. The Morgan fingerprint density at radius 2 is 2.27 bits per heavy atom. The van der Waals surface area contributed by atoms with Crippen LogP contribution in [0.2, 0.25) is 0 Å². The summed E-state index contributed by atoms with van der Waals surface area (Å²) in [5.41, 5.74) is 0.855. The molecule has 1 rings (SSSR count). The van der Waals surface area contributed by atoms with E-state index in [1.807, 2.05) is 19.1 Å². The average Bonchev–Trinajstić information content (AvgIpc) is 2.18. The first-order chi connectivity index (χ1) is 7.22. The molecule has 0 aliphatic heterocycles. The van der Waals surface area contributed by atoms with Gasteiger partial charge in [-0.15, -0.1) is 0 Å². The van der Waals surface area contributed by atoms with Crippen LogP contribution in [0.5, 0.6) is 11.5 Å². The van der Waals surface area contributed by atoms with Gasteiger partial charge in [0, 0.05) is 0 Å². The summed E-state index contributed by atoms with van der Waals surface area (Å²) in [6.45, 7) is 2.49. The molecule has 2 N–H and O–H groups in total. The summed E-state index contributed by atoms with van der Waals surface area (Å²) in [4.78, 5) is 0. The van der Waals surface area contributed by atoms with Gasteiger partial charge >= 0.3 is 0 Å². The SMILES string of the molecule is CCOc1cc(C=NN)cc(Br)c1OC. The molecule has 0 heterocycles. The lowest BCUT2D eigenvalue weighted by molar-refractivity contribution is 0.310. The summed E-state index contributed by atoms with van der Waals surface area (Å²) in [7, 11) is 1.60. The minimum atomic E-state index is 0.575. The van der Waals surface area contributed by atoms with E-state index in [1.165, 1.54) is 0 Å². The van der Waals surface area contributed by atoms with Crippen LogP contribution in [0.1, 0.15) is 12.5 Å². The zero-order chi connectivity index (χ0) is 11.3. The first-order valence-electron chi connectivity index (χ1n) is 4.46. The maximum Gasteiger partial charge on any atom is 0.174 e. The van der Waals surface area contributed by atoms with E-state index in [4.69, 9.17) is 15.3 Å². The van der Waals surface area contributed by atoms with Gasteiger partial charge in [-0.2, -0.15) is 5.10 Å². The van der Waals surface area contributed by atoms with Gasteiger partial charge in [0.15, 0.2) is 11.5 Å². The van der Waals surface area contributed by atoms with E-state index in [0.717, 1.165) is 10.0 Å². The molecule has 0 unspecified atom stereocenters. The van der Waals surface area contributed by atoms with Gasteiger partial charge in [0.25, 0.3) is 0 Å². The number of hydrazone groups is 1. The Kier molecular flexibility index (Phi) is 4.42. The van der Waals surface area contributed by atoms with Crippen LogP contribution in [0, 0.1) is 0 Å². The topological polar surface area (TPSA) is 56.8 Å². The minimum Gasteiger partial charge on any atom is -0.492 e. The molecule has 5 heteroatoms. The standard InChI is InChI=1S/C10H13BrN2O2/c1-3-15-9-5-7(6-13-12)4-8(11)10(9)14-2/h4-6H,3,12H2,1-2H3. The van der Waals surface area contributed by atoms with Gasteiger partial charge in [-0.1, -0.05) is 0 Å². The fourth-order valence-corrected chi connectivity index (χ4v) is 1.83. The number of hydrogen-bond donors (Lipinski definition) is 1. The largest absolute Gasteiger partial charge is 0.492 e. The highest BCUT2D eigenvalue weighted by Crippen LogP contribution is 2.36. The molecule has 1 aromatic rings. The number of nitrogens with zero attached hydrogens (tertiary/aromatic N) is 1. The molecule has 0 aromatic heterocycles. The van der Waals surface area contributed by atoms with Crippen LogP contribution in [-0.4, -0.2) is 19.9 Å². The van der Waals surface area contributed by atoms with Crippen LogP contribution in [0.3, 0.4) is 0 Å². The third-order valence-corrected chi connectivity index (χ3v) is 2.35. The normalized spacial score (nSPS) is 10.6. The Hall–Kier alpha value is -1.23. The molecule has 4 nitrogen and oxygen atoms in total. The van der Waals surface area contributed by atoms with E-state index in [1.54, 1.807) is 13.3 Å². The van der Waals surface area contributed by atoms with Gasteiger partial charge in [-0.05, 0) is 40.5 Å². The lowest BCUT2D eigenvalue weighted by Crippen LogP contribution is -1.98. The third kappa shape index (κ3) is 2.86. The zero-order valence-corrected chi connectivity index (χ0v) is 10.2. The van der Waals surface area contributed by atoms with E-state index < -0.39 is 0 Å². The molecule has 0 saturated heterocycles. The van der Waals surface area contributed by atoms with Gasteiger partial charge in [-0.3, -0.25) is 0 Å². The number of nitrogens with two attached hydrogens (primary N) is 1. The maximum atomic E-state index is 5.44. The molecule has 0 atom stereocenters. The molecule has 0 aliphatic carbocycles. The van der Waals surface area contributed by atoms with E-state index in [9.17, 15) is 0 Å². The third-order valence-electron chi connectivity index (χ3n) is 1.76. The van der Waals surface area contributed by atoms with Crippen LogP contribution >= 0.6 is 15.9 Å².